The number of hydrogen-bond donors (Lipinski definition) is 4. The molecule has 4 atom stereocenters. The van der Waals surface area contributed by atoms with Crippen LogP contribution in [0.2, 0.25) is 0 Å². The van der Waals surface area contributed by atoms with Crippen molar-refractivity contribution in [3.05, 3.63) is 109 Å². The number of halogens is 2. The van der Waals surface area contributed by atoms with Crippen LogP contribution in [0.3, 0.4) is 0 Å². The SMILES string of the molecule is COc1cccc(Oc2ccc(-c3nn([C@@H]4CCC[C@@H](O)C4)c4ncnc(N)c34)cc2)c1F.COc1cccc(Oc2ccc(-c3nn([C@H]4CCC[C@H](O)C4)c4ncnc(N)c34)cc2)c1F. The highest BCUT2D eigenvalue weighted by atomic mass is 19.1. The number of hydrogen-bond acceptors (Lipinski definition) is 14. The Balaban J connectivity index is 0.000000166. The molecule has 0 amide bonds. The number of aromatic nitrogens is 8. The third-order valence-electron chi connectivity index (χ3n) is 12.0. The van der Waals surface area contributed by atoms with Crippen LogP contribution in [0, 0.1) is 11.6 Å². The average molecular weight is 899 g/mol. The highest BCUT2D eigenvalue weighted by Crippen LogP contribution is 2.39. The first-order chi connectivity index (χ1) is 32.1. The van der Waals surface area contributed by atoms with E-state index in [2.05, 4.69) is 19.9 Å². The first-order valence-corrected chi connectivity index (χ1v) is 21.6. The van der Waals surface area contributed by atoms with E-state index in [-0.39, 0.29) is 47.3 Å². The molecule has 340 valence electrons. The summed E-state index contributed by atoms with van der Waals surface area (Å²) in [5, 5.41) is 31.3. The number of anilines is 2. The minimum atomic E-state index is -0.562. The molecule has 4 heterocycles. The molecule has 8 aromatic rings. The maximum absolute atomic E-state index is 14.4. The predicted octanol–water partition coefficient (Wildman–Crippen LogP) is 8.98. The molecule has 10 rings (SSSR count). The lowest BCUT2D eigenvalue weighted by molar-refractivity contribution is 0.101. The quantitative estimate of drug-likeness (QED) is 0.101. The van der Waals surface area contributed by atoms with Crippen molar-refractivity contribution in [3.8, 4) is 57.0 Å². The van der Waals surface area contributed by atoms with Gasteiger partial charge < -0.3 is 40.6 Å². The van der Waals surface area contributed by atoms with Crippen LogP contribution in [0.15, 0.2) is 97.6 Å². The fourth-order valence-corrected chi connectivity index (χ4v) is 8.70. The second-order valence-electron chi connectivity index (χ2n) is 16.2. The number of nitrogen functional groups attached to an aromatic ring is 2. The van der Waals surface area contributed by atoms with E-state index in [0.29, 0.717) is 69.4 Å². The number of methoxy groups -OCH3 is 2. The van der Waals surface area contributed by atoms with Crippen LogP contribution in [0.25, 0.3) is 44.6 Å². The smallest absolute Gasteiger partial charge is 0.207 e. The molecule has 0 spiro atoms. The van der Waals surface area contributed by atoms with Gasteiger partial charge in [0, 0.05) is 11.1 Å². The van der Waals surface area contributed by atoms with Gasteiger partial charge in [-0.05, 0) is 124 Å². The molecule has 6 N–H and O–H groups in total. The van der Waals surface area contributed by atoms with Crippen LogP contribution < -0.4 is 30.4 Å². The largest absolute Gasteiger partial charge is 0.494 e. The molecule has 2 aliphatic rings. The van der Waals surface area contributed by atoms with Gasteiger partial charge >= 0.3 is 0 Å². The van der Waals surface area contributed by atoms with E-state index >= 15 is 0 Å². The Morgan fingerprint density at radius 2 is 0.939 bits per heavy atom. The van der Waals surface area contributed by atoms with Gasteiger partial charge in [-0.2, -0.15) is 19.0 Å². The molecule has 2 saturated carbocycles. The molecule has 4 aromatic carbocycles. The highest BCUT2D eigenvalue weighted by molar-refractivity contribution is 5.99. The minimum absolute atomic E-state index is 0.0398. The van der Waals surface area contributed by atoms with Gasteiger partial charge in [-0.1, -0.05) is 12.1 Å². The number of fused-ring (bicyclic) bond motifs is 2. The molecule has 16 nitrogen and oxygen atoms in total. The van der Waals surface area contributed by atoms with Crippen LogP contribution in [-0.4, -0.2) is 76.1 Å². The van der Waals surface area contributed by atoms with E-state index in [1.54, 1.807) is 36.4 Å². The first kappa shape index (κ1) is 43.8. The fraction of sp³-hybridized carbons (Fsp3) is 0.292. The van der Waals surface area contributed by atoms with Gasteiger partial charge in [-0.3, -0.25) is 0 Å². The van der Waals surface area contributed by atoms with E-state index in [1.807, 2.05) is 33.6 Å². The summed E-state index contributed by atoms with van der Waals surface area (Å²) in [7, 11) is 2.81. The monoisotopic (exact) mass is 898 g/mol. The predicted molar refractivity (Wildman–Crippen MR) is 243 cm³/mol. The van der Waals surface area contributed by atoms with Crippen molar-refractivity contribution in [1.82, 2.24) is 39.5 Å². The van der Waals surface area contributed by atoms with E-state index < -0.39 is 11.6 Å². The topological polar surface area (TPSA) is 217 Å². The van der Waals surface area contributed by atoms with Gasteiger partial charge in [-0.15, -0.1) is 0 Å². The molecular weight excluding hydrogens is 851 g/mol. The molecular formula is C48H48F2N10O6. The normalized spacial score (nSPS) is 18.4. The second-order valence-corrected chi connectivity index (χ2v) is 16.2. The Morgan fingerprint density at radius 3 is 1.32 bits per heavy atom. The van der Waals surface area contributed by atoms with Crippen LogP contribution in [0.5, 0.6) is 34.5 Å². The van der Waals surface area contributed by atoms with Gasteiger partial charge in [0.15, 0.2) is 34.3 Å². The Kier molecular flexibility index (Phi) is 12.6. The standard InChI is InChI=1S/2C24H24FN5O3/c2*1-32-18-6-3-7-19(21(18)25)33-17-10-8-14(9-11-17)22-20-23(26)27-13-28-24(20)30(29-22)15-4-2-5-16(31)12-15/h2*3,6-11,13,15-16,31H,2,4-5,12H2,1H3,(H2,26,27,28)/t2*15-,16-/m10/s1. The lowest BCUT2D eigenvalue weighted by Gasteiger charge is -2.26. The summed E-state index contributed by atoms with van der Waals surface area (Å²) in [6.45, 7) is 0. The molecule has 0 saturated heterocycles. The van der Waals surface area contributed by atoms with E-state index in [0.717, 1.165) is 49.7 Å². The Bertz CT molecular complexity index is 2780. The third kappa shape index (κ3) is 8.84. The Morgan fingerprint density at radius 1 is 0.545 bits per heavy atom. The van der Waals surface area contributed by atoms with Gasteiger partial charge in [0.25, 0.3) is 0 Å². The van der Waals surface area contributed by atoms with Crippen LogP contribution >= 0.6 is 0 Å². The summed E-state index contributed by atoms with van der Waals surface area (Å²) in [6, 6.07) is 23.8. The van der Waals surface area contributed by atoms with Gasteiger partial charge in [0.1, 0.15) is 47.2 Å². The van der Waals surface area contributed by atoms with Crippen LogP contribution in [0.1, 0.15) is 63.5 Å². The number of benzene rings is 4. The van der Waals surface area contributed by atoms with E-state index in [4.69, 9.17) is 40.6 Å². The Labute approximate surface area is 377 Å². The zero-order valence-electron chi connectivity index (χ0n) is 36.2. The van der Waals surface area contributed by atoms with Crippen molar-refractivity contribution in [2.45, 2.75) is 75.7 Å². The van der Waals surface area contributed by atoms with Gasteiger partial charge in [0.2, 0.25) is 11.6 Å². The summed E-state index contributed by atoms with van der Waals surface area (Å²) in [4.78, 5) is 17.2. The highest BCUT2D eigenvalue weighted by Gasteiger charge is 2.29. The van der Waals surface area contributed by atoms with Crippen molar-refractivity contribution < 1.29 is 37.9 Å². The molecule has 0 unspecified atom stereocenters. The number of aliphatic hydroxyl groups is 2. The van der Waals surface area contributed by atoms with Crippen molar-refractivity contribution in [2.75, 3.05) is 25.7 Å². The summed E-state index contributed by atoms with van der Waals surface area (Å²) in [5.74, 6) is 0.877. The fourth-order valence-electron chi connectivity index (χ4n) is 8.70. The number of aliphatic hydroxyl groups excluding tert-OH is 2. The van der Waals surface area contributed by atoms with Gasteiger partial charge in [0.05, 0.1) is 49.3 Å². The first-order valence-electron chi connectivity index (χ1n) is 21.6. The summed E-state index contributed by atoms with van der Waals surface area (Å²) < 4.78 is 54.0. The molecule has 2 fully saturated rings. The number of rotatable bonds is 10. The third-order valence-corrected chi connectivity index (χ3v) is 12.0. The maximum atomic E-state index is 14.4. The van der Waals surface area contributed by atoms with Crippen molar-refractivity contribution in [3.63, 3.8) is 0 Å². The molecule has 4 aromatic heterocycles. The molecule has 66 heavy (non-hydrogen) atoms. The molecule has 0 radical (unpaired) electrons. The molecule has 2 aliphatic carbocycles. The summed E-state index contributed by atoms with van der Waals surface area (Å²) in [5.41, 5.74) is 16.6. The van der Waals surface area contributed by atoms with Crippen molar-refractivity contribution in [2.24, 2.45) is 0 Å². The maximum Gasteiger partial charge on any atom is 0.207 e. The van der Waals surface area contributed by atoms with E-state index in [9.17, 15) is 19.0 Å². The lowest BCUT2D eigenvalue weighted by atomic mass is 9.93. The molecule has 0 aliphatic heterocycles. The number of nitrogens with zero attached hydrogens (tertiary/aromatic N) is 8. The van der Waals surface area contributed by atoms with Gasteiger partial charge in [-0.25, -0.2) is 29.3 Å². The summed E-state index contributed by atoms with van der Waals surface area (Å²) in [6.07, 6.45) is 8.69. The van der Waals surface area contributed by atoms with Crippen LogP contribution in [-0.2, 0) is 0 Å². The average Bonchev–Trinajstić information content (AvgIpc) is 3.93. The molecule has 18 heteroatoms. The second kappa shape index (κ2) is 19.0. The molecule has 0 bridgehead atoms. The van der Waals surface area contributed by atoms with Crippen LogP contribution in [0.4, 0.5) is 20.4 Å². The lowest BCUT2D eigenvalue weighted by Crippen LogP contribution is -2.23. The van der Waals surface area contributed by atoms with Crippen molar-refractivity contribution >= 4 is 33.7 Å². The van der Waals surface area contributed by atoms with Crippen molar-refractivity contribution in [1.29, 1.82) is 0 Å². The zero-order valence-corrected chi connectivity index (χ0v) is 36.2. The van der Waals surface area contributed by atoms with E-state index in [1.165, 1.54) is 51.1 Å². The number of ether oxygens (including phenoxy) is 4. The number of nitrogens with two attached hydrogens (primary N) is 2. The summed E-state index contributed by atoms with van der Waals surface area (Å²) >= 11 is 0. The Hall–Kier alpha value is -7.44. The zero-order chi connectivity index (χ0) is 45.9. The minimum Gasteiger partial charge on any atom is -0.494 e.